The van der Waals surface area contributed by atoms with Gasteiger partial charge in [-0.25, -0.2) is 5.01 Å². The molecule has 0 unspecified atom stereocenters. The van der Waals surface area contributed by atoms with Crippen LogP contribution in [0.5, 0.6) is 5.75 Å². The summed E-state index contributed by atoms with van der Waals surface area (Å²) in [6.45, 7) is -0.0136. The summed E-state index contributed by atoms with van der Waals surface area (Å²) in [7, 11) is 3.31. The fourth-order valence-corrected chi connectivity index (χ4v) is 4.86. The number of methoxy groups -OCH3 is 1. The molecule has 4 rings (SSSR count). The van der Waals surface area contributed by atoms with Crippen LogP contribution < -0.4 is 4.74 Å². The summed E-state index contributed by atoms with van der Waals surface area (Å²) in [6, 6.07) is 14.8. The number of carbonyl (C=O) groups excluding carboxylic acids is 2. The Morgan fingerprint density at radius 1 is 1.12 bits per heavy atom. The predicted octanol–water partition coefficient (Wildman–Crippen LogP) is 4.67. The van der Waals surface area contributed by atoms with Crippen molar-refractivity contribution in [3.63, 3.8) is 0 Å². The van der Waals surface area contributed by atoms with E-state index in [4.69, 9.17) is 16.3 Å². The molecule has 0 N–H and O–H groups in total. The molecule has 1 heterocycles. The van der Waals surface area contributed by atoms with Crippen LogP contribution in [-0.4, -0.2) is 48.1 Å². The summed E-state index contributed by atoms with van der Waals surface area (Å²) in [6.07, 6.45) is 4.47. The van der Waals surface area contributed by atoms with E-state index in [9.17, 15) is 9.59 Å². The van der Waals surface area contributed by atoms with Crippen LogP contribution in [0, 0.1) is 5.92 Å². The summed E-state index contributed by atoms with van der Waals surface area (Å²) in [5.74, 6) is 0.538. The second-order valence-corrected chi connectivity index (χ2v) is 8.81. The molecule has 1 saturated carbocycles. The molecule has 0 radical (unpaired) electrons. The molecule has 32 heavy (non-hydrogen) atoms. The first kappa shape index (κ1) is 22.3. The van der Waals surface area contributed by atoms with Crippen molar-refractivity contribution >= 4 is 29.1 Å². The summed E-state index contributed by atoms with van der Waals surface area (Å²) in [4.78, 5) is 27.7. The Morgan fingerprint density at radius 3 is 2.53 bits per heavy atom. The number of para-hydroxylation sites is 1. The first-order chi connectivity index (χ1) is 15.5. The Hall–Kier alpha value is -2.86. The number of rotatable bonds is 6. The first-order valence-corrected chi connectivity index (χ1v) is 11.4. The number of halogens is 1. The summed E-state index contributed by atoms with van der Waals surface area (Å²) in [5, 5.41) is 6.77. The van der Waals surface area contributed by atoms with Gasteiger partial charge in [0.2, 0.25) is 5.91 Å². The van der Waals surface area contributed by atoms with Crippen molar-refractivity contribution in [3.8, 4) is 5.75 Å². The molecule has 1 aliphatic heterocycles. The predicted molar refractivity (Wildman–Crippen MR) is 125 cm³/mol. The van der Waals surface area contributed by atoms with Crippen LogP contribution in [0.4, 0.5) is 0 Å². The van der Waals surface area contributed by atoms with Gasteiger partial charge in [0.15, 0.2) is 0 Å². The van der Waals surface area contributed by atoms with Gasteiger partial charge in [-0.15, -0.1) is 0 Å². The Kier molecular flexibility index (Phi) is 6.80. The number of hydrogen-bond donors (Lipinski definition) is 0. The van der Waals surface area contributed by atoms with Gasteiger partial charge in [0, 0.05) is 35.5 Å². The summed E-state index contributed by atoms with van der Waals surface area (Å²) in [5.41, 5.74) is 2.42. The zero-order chi connectivity index (χ0) is 22.7. The lowest BCUT2D eigenvalue weighted by atomic mass is 9.97. The van der Waals surface area contributed by atoms with Gasteiger partial charge in [0.25, 0.3) is 5.91 Å². The molecule has 168 valence electrons. The zero-order valence-electron chi connectivity index (χ0n) is 18.5. The lowest BCUT2D eigenvalue weighted by Gasteiger charge is -2.26. The molecule has 0 spiro atoms. The smallest absolute Gasteiger partial charge is 0.262 e. The monoisotopic (exact) mass is 453 g/mol. The molecule has 2 aromatic carbocycles. The number of hydrazone groups is 1. The third kappa shape index (κ3) is 4.51. The van der Waals surface area contributed by atoms with Crippen LogP contribution in [0.2, 0.25) is 5.02 Å². The lowest BCUT2D eigenvalue weighted by Crippen LogP contribution is -2.41. The van der Waals surface area contributed by atoms with Crippen molar-refractivity contribution < 1.29 is 14.3 Å². The number of amides is 2. The van der Waals surface area contributed by atoms with Crippen LogP contribution in [0.1, 0.15) is 49.3 Å². The molecule has 0 saturated heterocycles. The van der Waals surface area contributed by atoms with E-state index in [-0.39, 0.29) is 30.3 Å². The minimum Gasteiger partial charge on any atom is -0.496 e. The van der Waals surface area contributed by atoms with E-state index in [1.54, 1.807) is 19.1 Å². The standard InChI is InChI=1S/C25H28ClN3O3/c1-28(25(31)17-9-3-4-10-17)16-24(30)29-22(19-12-6-8-14-23(19)32-2)15-21(27-29)18-11-5-7-13-20(18)26/h5-8,11-14,17,22H,3-4,9-10,15-16H2,1-2H3/t22-/m0/s1. The third-order valence-corrected chi connectivity index (χ3v) is 6.63. The fraction of sp³-hybridized carbons (Fsp3) is 0.400. The van der Waals surface area contributed by atoms with E-state index < -0.39 is 0 Å². The molecule has 1 fully saturated rings. The topological polar surface area (TPSA) is 62.2 Å². The van der Waals surface area contributed by atoms with Gasteiger partial charge in [-0.2, -0.15) is 5.10 Å². The van der Waals surface area contributed by atoms with E-state index in [2.05, 4.69) is 5.10 Å². The first-order valence-electron chi connectivity index (χ1n) is 11.0. The molecule has 0 aromatic heterocycles. The maximum absolute atomic E-state index is 13.4. The molecular weight excluding hydrogens is 426 g/mol. The second-order valence-electron chi connectivity index (χ2n) is 8.40. The number of likely N-dealkylation sites (N-methyl/N-ethyl adjacent to an activating group) is 1. The molecule has 6 nitrogen and oxygen atoms in total. The highest BCUT2D eigenvalue weighted by Crippen LogP contribution is 2.38. The average molecular weight is 454 g/mol. The molecule has 1 atom stereocenters. The number of nitrogens with zero attached hydrogens (tertiary/aromatic N) is 3. The molecule has 2 aromatic rings. The van der Waals surface area contributed by atoms with Gasteiger partial charge in [0.1, 0.15) is 12.3 Å². The number of benzene rings is 2. The highest BCUT2D eigenvalue weighted by Gasteiger charge is 2.36. The van der Waals surface area contributed by atoms with Gasteiger partial charge in [-0.1, -0.05) is 60.8 Å². The van der Waals surface area contributed by atoms with E-state index >= 15 is 0 Å². The number of carbonyl (C=O) groups is 2. The van der Waals surface area contributed by atoms with E-state index in [0.29, 0.717) is 17.2 Å². The van der Waals surface area contributed by atoms with Crippen LogP contribution >= 0.6 is 11.6 Å². The fourth-order valence-electron chi connectivity index (χ4n) is 4.62. The van der Waals surface area contributed by atoms with Crippen molar-refractivity contribution in [3.05, 3.63) is 64.7 Å². The quantitative estimate of drug-likeness (QED) is 0.638. The van der Waals surface area contributed by atoms with E-state index in [0.717, 1.165) is 42.5 Å². The summed E-state index contributed by atoms with van der Waals surface area (Å²) >= 11 is 6.42. The van der Waals surface area contributed by atoms with Crippen molar-refractivity contribution in [1.82, 2.24) is 9.91 Å². The van der Waals surface area contributed by atoms with Crippen LogP contribution in [-0.2, 0) is 9.59 Å². The summed E-state index contributed by atoms with van der Waals surface area (Å²) < 4.78 is 5.56. The van der Waals surface area contributed by atoms with Gasteiger partial charge in [-0.3, -0.25) is 9.59 Å². The minimum atomic E-state index is -0.333. The molecular formula is C25H28ClN3O3. The number of hydrogen-bond acceptors (Lipinski definition) is 4. The number of ether oxygens (including phenoxy) is 1. The highest BCUT2D eigenvalue weighted by molar-refractivity contribution is 6.34. The van der Waals surface area contributed by atoms with E-state index in [1.807, 2.05) is 48.5 Å². The van der Waals surface area contributed by atoms with Crippen molar-refractivity contribution in [2.75, 3.05) is 20.7 Å². The third-order valence-electron chi connectivity index (χ3n) is 6.30. The average Bonchev–Trinajstić information content (AvgIpc) is 3.49. The zero-order valence-corrected chi connectivity index (χ0v) is 19.2. The largest absolute Gasteiger partial charge is 0.496 e. The van der Waals surface area contributed by atoms with Crippen LogP contribution in [0.3, 0.4) is 0 Å². The van der Waals surface area contributed by atoms with Gasteiger partial charge < -0.3 is 9.64 Å². The van der Waals surface area contributed by atoms with Crippen LogP contribution in [0.25, 0.3) is 0 Å². The van der Waals surface area contributed by atoms with Gasteiger partial charge >= 0.3 is 0 Å². The Balaban J connectivity index is 1.62. The lowest BCUT2D eigenvalue weighted by molar-refractivity contribution is -0.142. The highest BCUT2D eigenvalue weighted by atomic mass is 35.5. The maximum Gasteiger partial charge on any atom is 0.262 e. The SMILES string of the molecule is COc1ccccc1[C@@H]1CC(c2ccccc2Cl)=NN1C(=O)CN(C)C(=O)C1CCCC1. The molecule has 2 aliphatic rings. The van der Waals surface area contributed by atoms with Crippen molar-refractivity contribution in [2.45, 2.75) is 38.1 Å². The van der Waals surface area contributed by atoms with Crippen molar-refractivity contribution in [2.24, 2.45) is 11.0 Å². The van der Waals surface area contributed by atoms with Gasteiger partial charge in [-0.05, 0) is 25.0 Å². The second kappa shape index (κ2) is 9.74. The molecule has 1 aliphatic carbocycles. The minimum absolute atomic E-state index is 0.0136. The normalized spacial score (nSPS) is 18.5. The van der Waals surface area contributed by atoms with E-state index in [1.165, 1.54) is 5.01 Å². The van der Waals surface area contributed by atoms with Crippen molar-refractivity contribution in [1.29, 1.82) is 0 Å². The molecule has 2 amide bonds. The molecule has 0 bridgehead atoms. The van der Waals surface area contributed by atoms with Crippen LogP contribution in [0.15, 0.2) is 53.6 Å². The Labute approximate surface area is 193 Å². The Bertz CT molecular complexity index is 1030. The maximum atomic E-state index is 13.4. The Morgan fingerprint density at radius 2 is 1.81 bits per heavy atom. The van der Waals surface area contributed by atoms with Gasteiger partial charge in [0.05, 0.1) is 18.9 Å². The molecule has 7 heteroatoms.